The third-order valence-corrected chi connectivity index (χ3v) is 7.59. The first kappa shape index (κ1) is 27.1. The van der Waals surface area contributed by atoms with Crippen molar-refractivity contribution in [1.82, 2.24) is 35.1 Å². The average Bonchev–Trinajstić information content (AvgIpc) is 2.99. The Hall–Kier alpha value is -4.47. The second-order valence-electron chi connectivity index (χ2n) is 10.3. The molecule has 1 atom stereocenters. The standard InChI is InChI=1S/C30H34N8O2/c1-19(23-5-4-6-24-25(30(40)31-3)7-10-32-29(23)24)15-33-28-14-26(36-18-37-28)22-16-34-27(35-17-22)13-21-8-11-38(12-9-21)20(2)39/h4-7,10,14,16-19,21H,8-9,11-13,15H2,1-3H3,(H,31,40)(H,33,36,37). The van der Waals surface area contributed by atoms with Crippen LogP contribution < -0.4 is 10.6 Å². The van der Waals surface area contributed by atoms with Gasteiger partial charge in [-0.05, 0) is 30.4 Å². The van der Waals surface area contributed by atoms with Gasteiger partial charge in [-0.15, -0.1) is 0 Å². The van der Waals surface area contributed by atoms with E-state index < -0.39 is 0 Å². The molecule has 40 heavy (non-hydrogen) atoms. The van der Waals surface area contributed by atoms with Crippen LogP contribution in [-0.2, 0) is 11.2 Å². The van der Waals surface area contributed by atoms with Crippen molar-refractivity contribution in [2.24, 2.45) is 5.92 Å². The van der Waals surface area contributed by atoms with Crippen molar-refractivity contribution in [3.8, 4) is 11.3 Å². The maximum absolute atomic E-state index is 12.3. The Bertz CT molecular complexity index is 1500. The van der Waals surface area contributed by atoms with Crippen molar-refractivity contribution in [3.05, 3.63) is 72.2 Å². The lowest BCUT2D eigenvalue weighted by Gasteiger charge is -2.30. The van der Waals surface area contributed by atoms with E-state index in [0.717, 1.165) is 65.9 Å². The van der Waals surface area contributed by atoms with Gasteiger partial charge in [0.25, 0.3) is 5.91 Å². The lowest BCUT2D eigenvalue weighted by Crippen LogP contribution is -2.37. The molecule has 2 amide bonds. The van der Waals surface area contributed by atoms with E-state index in [1.807, 2.05) is 41.6 Å². The predicted molar refractivity (Wildman–Crippen MR) is 154 cm³/mol. The SMILES string of the molecule is CNC(=O)c1ccnc2c(C(C)CNc3cc(-c4cnc(CC5CCN(C(C)=O)CC5)nc4)ncn3)cccc12. The number of benzene rings is 1. The van der Waals surface area contributed by atoms with Crippen LogP contribution in [0.3, 0.4) is 0 Å². The first-order valence-corrected chi connectivity index (χ1v) is 13.7. The molecule has 10 nitrogen and oxygen atoms in total. The van der Waals surface area contributed by atoms with Crippen molar-refractivity contribution >= 4 is 28.5 Å². The van der Waals surface area contributed by atoms with Crippen molar-refractivity contribution in [2.75, 3.05) is 32.0 Å². The van der Waals surface area contributed by atoms with Gasteiger partial charge in [-0.25, -0.2) is 19.9 Å². The van der Waals surface area contributed by atoms with Crippen LogP contribution in [0.2, 0.25) is 0 Å². The Morgan fingerprint density at radius 3 is 2.55 bits per heavy atom. The summed E-state index contributed by atoms with van der Waals surface area (Å²) in [5.74, 6) is 2.14. The Morgan fingerprint density at radius 2 is 1.82 bits per heavy atom. The molecule has 4 aromatic rings. The molecule has 0 radical (unpaired) electrons. The van der Waals surface area contributed by atoms with E-state index in [1.165, 1.54) is 6.33 Å². The van der Waals surface area contributed by atoms with Crippen LogP contribution in [-0.4, -0.2) is 68.3 Å². The summed E-state index contributed by atoms with van der Waals surface area (Å²) in [5.41, 5.74) is 4.06. The minimum Gasteiger partial charge on any atom is -0.369 e. The molecule has 1 aromatic carbocycles. The quantitative estimate of drug-likeness (QED) is 0.346. The lowest BCUT2D eigenvalue weighted by molar-refractivity contribution is -0.130. The Balaban J connectivity index is 1.23. The summed E-state index contributed by atoms with van der Waals surface area (Å²) < 4.78 is 0. The first-order chi connectivity index (χ1) is 19.4. The number of para-hydroxylation sites is 1. The molecule has 1 aliphatic heterocycles. The van der Waals surface area contributed by atoms with E-state index in [-0.39, 0.29) is 17.7 Å². The van der Waals surface area contributed by atoms with E-state index >= 15 is 0 Å². The van der Waals surface area contributed by atoms with Gasteiger partial charge < -0.3 is 15.5 Å². The van der Waals surface area contributed by atoms with E-state index in [2.05, 4.69) is 42.5 Å². The van der Waals surface area contributed by atoms with Crippen molar-refractivity contribution < 1.29 is 9.59 Å². The van der Waals surface area contributed by atoms with E-state index in [1.54, 1.807) is 26.2 Å². The molecule has 1 aliphatic rings. The summed E-state index contributed by atoms with van der Waals surface area (Å²) in [6, 6.07) is 9.58. The number of amides is 2. The lowest BCUT2D eigenvalue weighted by atomic mass is 9.93. The van der Waals surface area contributed by atoms with Gasteiger partial charge in [-0.2, -0.15) is 0 Å². The highest BCUT2D eigenvalue weighted by Gasteiger charge is 2.22. The minimum absolute atomic E-state index is 0.111. The number of nitrogens with one attached hydrogen (secondary N) is 2. The third kappa shape index (κ3) is 6.06. The molecule has 1 saturated heterocycles. The van der Waals surface area contributed by atoms with Gasteiger partial charge in [0.05, 0.1) is 16.8 Å². The average molecular weight is 539 g/mol. The van der Waals surface area contributed by atoms with Gasteiger partial charge in [0.2, 0.25) is 5.91 Å². The van der Waals surface area contributed by atoms with E-state index in [0.29, 0.717) is 23.8 Å². The molecular weight excluding hydrogens is 504 g/mol. The number of aromatic nitrogens is 5. The summed E-state index contributed by atoms with van der Waals surface area (Å²) >= 11 is 0. The highest BCUT2D eigenvalue weighted by atomic mass is 16.2. The molecule has 2 N–H and O–H groups in total. The van der Waals surface area contributed by atoms with Gasteiger partial charge in [0.15, 0.2) is 0 Å². The van der Waals surface area contributed by atoms with Crippen LogP contribution in [0.25, 0.3) is 22.2 Å². The summed E-state index contributed by atoms with van der Waals surface area (Å²) in [4.78, 5) is 48.4. The number of rotatable bonds is 8. The number of pyridine rings is 1. The number of anilines is 1. The highest BCUT2D eigenvalue weighted by Crippen LogP contribution is 2.27. The number of hydrogen-bond donors (Lipinski definition) is 2. The number of carbonyl (C=O) groups is 2. The molecule has 5 rings (SSSR count). The van der Waals surface area contributed by atoms with Crippen LogP contribution >= 0.6 is 0 Å². The molecule has 0 spiro atoms. The number of nitrogens with zero attached hydrogens (tertiary/aromatic N) is 6. The maximum Gasteiger partial charge on any atom is 0.251 e. The maximum atomic E-state index is 12.3. The van der Waals surface area contributed by atoms with Gasteiger partial charge in [0.1, 0.15) is 18.0 Å². The monoisotopic (exact) mass is 538 g/mol. The fraction of sp³-hybridized carbons (Fsp3) is 0.367. The molecule has 3 aromatic heterocycles. The summed E-state index contributed by atoms with van der Waals surface area (Å²) in [7, 11) is 1.63. The summed E-state index contributed by atoms with van der Waals surface area (Å²) in [6.07, 6.45) is 9.61. The Morgan fingerprint density at radius 1 is 1.05 bits per heavy atom. The molecule has 4 heterocycles. The second-order valence-corrected chi connectivity index (χ2v) is 10.3. The number of carbonyl (C=O) groups excluding carboxylic acids is 2. The molecule has 1 fully saturated rings. The number of likely N-dealkylation sites (tertiary alicyclic amines) is 1. The normalized spacial score (nSPS) is 14.6. The molecular formula is C30H34N8O2. The Labute approximate surface area is 233 Å². The van der Waals surface area contributed by atoms with Crippen LogP contribution in [0, 0.1) is 5.92 Å². The van der Waals surface area contributed by atoms with E-state index in [9.17, 15) is 9.59 Å². The zero-order chi connectivity index (χ0) is 28.1. The number of hydrogen-bond acceptors (Lipinski definition) is 8. The molecule has 206 valence electrons. The van der Waals surface area contributed by atoms with Crippen molar-refractivity contribution in [1.29, 1.82) is 0 Å². The fourth-order valence-corrected chi connectivity index (χ4v) is 5.21. The molecule has 0 aliphatic carbocycles. The third-order valence-electron chi connectivity index (χ3n) is 7.59. The molecule has 10 heteroatoms. The molecule has 1 unspecified atom stereocenters. The second kappa shape index (κ2) is 12.1. The fourth-order valence-electron chi connectivity index (χ4n) is 5.21. The van der Waals surface area contributed by atoms with Crippen molar-refractivity contribution in [3.63, 3.8) is 0 Å². The smallest absolute Gasteiger partial charge is 0.251 e. The van der Waals surface area contributed by atoms with Crippen LogP contribution in [0.1, 0.15) is 54.4 Å². The largest absolute Gasteiger partial charge is 0.369 e. The van der Waals surface area contributed by atoms with Gasteiger partial charge in [0, 0.05) is 81.6 Å². The van der Waals surface area contributed by atoms with Gasteiger partial charge >= 0.3 is 0 Å². The first-order valence-electron chi connectivity index (χ1n) is 13.7. The topological polar surface area (TPSA) is 126 Å². The molecule has 0 saturated carbocycles. The van der Waals surface area contributed by atoms with Gasteiger partial charge in [-0.3, -0.25) is 14.6 Å². The number of fused-ring (bicyclic) bond motifs is 1. The van der Waals surface area contributed by atoms with Crippen LogP contribution in [0.15, 0.2) is 55.2 Å². The zero-order valence-corrected chi connectivity index (χ0v) is 23.1. The predicted octanol–water partition coefficient (Wildman–Crippen LogP) is 3.86. The summed E-state index contributed by atoms with van der Waals surface area (Å²) in [6.45, 7) is 5.99. The van der Waals surface area contributed by atoms with Crippen LogP contribution in [0.4, 0.5) is 5.82 Å². The zero-order valence-electron chi connectivity index (χ0n) is 23.1. The van der Waals surface area contributed by atoms with Crippen LogP contribution in [0.5, 0.6) is 0 Å². The molecule has 0 bridgehead atoms. The van der Waals surface area contributed by atoms with Gasteiger partial charge in [-0.1, -0.05) is 25.1 Å². The van der Waals surface area contributed by atoms with Crippen molar-refractivity contribution in [2.45, 2.75) is 39.0 Å². The number of piperidine rings is 1. The Kier molecular flexibility index (Phi) is 8.23. The summed E-state index contributed by atoms with van der Waals surface area (Å²) in [5, 5.41) is 6.95. The van der Waals surface area contributed by atoms with E-state index in [4.69, 9.17) is 0 Å². The highest BCUT2D eigenvalue weighted by molar-refractivity contribution is 6.06. The minimum atomic E-state index is -0.129.